The predicted octanol–water partition coefficient (Wildman–Crippen LogP) is 1.70. The van der Waals surface area contributed by atoms with Crippen LogP contribution in [0.2, 0.25) is 0 Å². The number of nitrogens with zero attached hydrogens (tertiary/aromatic N) is 1. The largest absolute Gasteiger partial charge is 0.465 e. The van der Waals surface area contributed by atoms with E-state index in [1.54, 1.807) is 43.3 Å². The average molecular weight is 239 g/mol. The van der Waals surface area contributed by atoms with E-state index in [2.05, 4.69) is 4.74 Å². The van der Waals surface area contributed by atoms with Crippen LogP contribution in [-0.2, 0) is 4.74 Å². The number of ether oxygens (including phenoxy) is 2. The van der Waals surface area contributed by atoms with E-state index in [1.165, 1.54) is 7.11 Å². The van der Waals surface area contributed by atoms with Crippen LogP contribution in [0.1, 0.15) is 10.4 Å². The van der Waals surface area contributed by atoms with Gasteiger partial charge in [0, 0.05) is 14.1 Å². The SMILES string of the molecule is COC(=O)c1cccc(OC(=S)N(C)C)c1. The van der Waals surface area contributed by atoms with Crippen molar-refractivity contribution in [3.8, 4) is 5.75 Å². The van der Waals surface area contributed by atoms with Crippen molar-refractivity contribution in [2.75, 3.05) is 21.2 Å². The van der Waals surface area contributed by atoms with Crippen molar-refractivity contribution in [1.29, 1.82) is 0 Å². The summed E-state index contributed by atoms with van der Waals surface area (Å²) < 4.78 is 9.97. The average Bonchev–Trinajstić information content (AvgIpc) is 2.28. The molecular formula is C11H13NO3S. The van der Waals surface area contributed by atoms with Crippen LogP contribution >= 0.6 is 12.2 Å². The Labute approximate surface area is 99.8 Å². The molecule has 16 heavy (non-hydrogen) atoms. The molecule has 86 valence electrons. The minimum atomic E-state index is -0.402. The van der Waals surface area contributed by atoms with E-state index in [1.807, 2.05) is 0 Å². The summed E-state index contributed by atoms with van der Waals surface area (Å²) in [5.74, 6) is 0.114. The van der Waals surface area contributed by atoms with E-state index in [0.29, 0.717) is 16.5 Å². The molecule has 0 fully saturated rings. The fourth-order valence-corrected chi connectivity index (χ4v) is 1.09. The lowest BCUT2D eigenvalue weighted by Gasteiger charge is -2.14. The van der Waals surface area contributed by atoms with Gasteiger partial charge in [-0.2, -0.15) is 0 Å². The Balaban J connectivity index is 2.83. The summed E-state index contributed by atoms with van der Waals surface area (Å²) in [6.45, 7) is 0. The number of carbonyl (C=O) groups excluding carboxylic acids is 1. The van der Waals surface area contributed by atoms with Crippen molar-refractivity contribution in [2.24, 2.45) is 0 Å². The molecule has 0 atom stereocenters. The zero-order chi connectivity index (χ0) is 12.1. The van der Waals surface area contributed by atoms with Gasteiger partial charge in [0.1, 0.15) is 5.75 Å². The Morgan fingerprint density at radius 2 is 2.06 bits per heavy atom. The molecule has 0 unspecified atom stereocenters. The van der Waals surface area contributed by atoms with Gasteiger partial charge in [-0.3, -0.25) is 0 Å². The van der Waals surface area contributed by atoms with Crippen LogP contribution in [-0.4, -0.2) is 37.2 Å². The van der Waals surface area contributed by atoms with E-state index in [9.17, 15) is 4.79 Å². The fraction of sp³-hybridized carbons (Fsp3) is 0.273. The van der Waals surface area contributed by atoms with Gasteiger partial charge < -0.3 is 14.4 Å². The molecule has 0 aliphatic rings. The first-order valence-electron chi connectivity index (χ1n) is 4.62. The first-order valence-corrected chi connectivity index (χ1v) is 5.03. The first-order chi connectivity index (χ1) is 7.54. The van der Waals surface area contributed by atoms with Crippen LogP contribution in [0.3, 0.4) is 0 Å². The monoisotopic (exact) mass is 239 g/mol. The Morgan fingerprint density at radius 3 is 2.62 bits per heavy atom. The number of thiocarbonyl (C=S) groups is 1. The molecule has 0 N–H and O–H groups in total. The minimum Gasteiger partial charge on any atom is -0.465 e. The van der Waals surface area contributed by atoms with Crippen LogP contribution in [0.25, 0.3) is 0 Å². The molecule has 0 radical (unpaired) electrons. The van der Waals surface area contributed by atoms with Crippen molar-refractivity contribution in [3.63, 3.8) is 0 Å². The van der Waals surface area contributed by atoms with Gasteiger partial charge in [0.15, 0.2) is 0 Å². The topological polar surface area (TPSA) is 38.8 Å². The third-order valence-electron chi connectivity index (χ3n) is 1.83. The number of esters is 1. The number of hydrogen-bond acceptors (Lipinski definition) is 4. The summed E-state index contributed by atoms with van der Waals surface area (Å²) in [5, 5.41) is 0.335. The highest BCUT2D eigenvalue weighted by atomic mass is 32.1. The Bertz CT molecular complexity index is 404. The quantitative estimate of drug-likeness (QED) is 0.580. The summed E-state index contributed by atoms with van der Waals surface area (Å²) in [7, 11) is 4.90. The molecular weight excluding hydrogens is 226 g/mol. The predicted molar refractivity (Wildman–Crippen MR) is 64.7 cm³/mol. The second-order valence-corrected chi connectivity index (χ2v) is 3.63. The number of hydrogen-bond donors (Lipinski definition) is 0. The van der Waals surface area contributed by atoms with E-state index in [-0.39, 0.29) is 0 Å². The van der Waals surface area contributed by atoms with Gasteiger partial charge in [0.2, 0.25) is 0 Å². The Morgan fingerprint density at radius 1 is 1.38 bits per heavy atom. The Kier molecular flexibility index (Phi) is 4.25. The number of carbonyl (C=O) groups is 1. The van der Waals surface area contributed by atoms with Crippen LogP contribution in [0.4, 0.5) is 0 Å². The molecule has 0 amide bonds. The molecule has 0 aliphatic heterocycles. The maximum absolute atomic E-state index is 11.3. The van der Waals surface area contributed by atoms with Gasteiger partial charge in [0.05, 0.1) is 12.7 Å². The molecule has 5 heteroatoms. The second kappa shape index (κ2) is 5.46. The Hall–Kier alpha value is -1.62. The van der Waals surface area contributed by atoms with E-state index < -0.39 is 5.97 Å². The zero-order valence-corrected chi connectivity index (χ0v) is 10.2. The molecule has 0 aromatic heterocycles. The molecule has 0 heterocycles. The second-order valence-electron chi connectivity index (χ2n) is 3.28. The highest BCUT2D eigenvalue weighted by Gasteiger charge is 2.08. The van der Waals surface area contributed by atoms with Gasteiger partial charge in [-0.25, -0.2) is 4.79 Å². The fourth-order valence-electron chi connectivity index (χ4n) is 0.997. The maximum atomic E-state index is 11.3. The van der Waals surface area contributed by atoms with Crippen molar-refractivity contribution in [1.82, 2.24) is 4.90 Å². The number of methoxy groups -OCH3 is 1. The molecule has 0 aliphatic carbocycles. The summed E-state index contributed by atoms with van der Waals surface area (Å²) in [6, 6.07) is 6.67. The molecule has 1 aromatic rings. The highest BCUT2D eigenvalue weighted by molar-refractivity contribution is 7.80. The molecule has 4 nitrogen and oxygen atoms in total. The smallest absolute Gasteiger partial charge is 0.337 e. The molecule has 1 rings (SSSR count). The van der Waals surface area contributed by atoms with Crippen molar-refractivity contribution >= 4 is 23.4 Å². The van der Waals surface area contributed by atoms with Crippen LogP contribution in [0.15, 0.2) is 24.3 Å². The van der Waals surface area contributed by atoms with Crippen molar-refractivity contribution < 1.29 is 14.3 Å². The normalized spacial score (nSPS) is 9.44. The molecule has 0 saturated carbocycles. The van der Waals surface area contributed by atoms with Gasteiger partial charge in [-0.05, 0) is 30.4 Å². The van der Waals surface area contributed by atoms with E-state index in [0.717, 1.165) is 0 Å². The van der Waals surface area contributed by atoms with Gasteiger partial charge >= 0.3 is 5.97 Å². The van der Waals surface area contributed by atoms with Gasteiger partial charge in [-0.1, -0.05) is 6.07 Å². The lowest BCUT2D eigenvalue weighted by molar-refractivity contribution is 0.0600. The number of rotatable bonds is 2. The summed E-state index contributed by atoms with van der Waals surface area (Å²) in [5.41, 5.74) is 0.432. The summed E-state index contributed by atoms with van der Waals surface area (Å²) in [6.07, 6.45) is 0. The maximum Gasteiger partial charge on any atom is 0.337 e. The van der Waals surface area contributed by atoms with Gasteiger partial charge in [-0.15, -0.1) is 0 Å². The lowest BCUT2D eigenvalue weighted by Crippen LogP contribution is -2.25. The number of benzene rings is 1. The van der Waals surface area contributed by atoms with Crippen molar-refractivity contribution in [2.45, 2.75) is 0 Å². The van der Waals surface area contributed by atoms with Gasteiger partial charge in [0.25, 0.3) is 5.17 Å². The third kappa shape index (κ3) is 3.20. The molecule has 0 saturated heterocycles. The summed E-state index contributed by atoms with van der Waals surface area (Å²) >= 11 is 4.98. The minimum absolute atomic E-state index is 0.335. The first kappa shape index (κ1) is 12.4. The molecule has 1 aromatic carbocycles. The van der Waals surface area contributed by atoms with Crippen molar-refractivity contribution in [3.05, 3.63) is 29.8 Å². The third-order valence-corrected chi connectivity index (χ3v) is 2.27. The molecule has 0 spiro atoms. The summed E-state index contributed by atoms with van der Waals surface area (Å²) in [4.78, 5) is 12.9. The molecule has 0 bridgehead atoms. The van der Waals surface area contributed by atoms with E-state index >= 15 is 0 Å². The van der Waals surface area contributed by atoms with Crippen LogP contribution in [0, 0.1) is 0 Å². The zero-order valence-electron chi connectivity index (χ0n) is 9.39. The standard InChI is InChI=1S/C11H13NO3S/c1-12(2)11(16)15-9-6-4-5-8(7-9)10(13)14-3/h4-7H,1-3H3. The van der Waals surface area contributed by atoms with Crippen LogP contribution in [0.5, 0.6) is 5.75 Å². The van der Waals surface area contributed by atoms with Crippen LogP contribution < -0.4 is 4.74 Å². The lowest BCUT2D eigenvalue weighted by atomic mass is 10.2. The highest BCUT2D eigenvalue weighted by Crippen LogP contribution is 2.14. The van der Waals surface area contributed by atoms with E-state index in [4.69, 9.17) is 17.0 Å².